The number of carbonyl (C=O) groups excluding carboxylic acids is 1. The minimum Gasteiger partial charge on any atom is -0.311 e. The van der Waals surface area contributed by atoms with Gasteiger partial charge in [0, 0.05) is 24.2 Å². The molecule has 0 aliphatic carbocycles. The molecule has 1 heterocycles. The second kappa shape index (κ2) is 4.48. The van der Waals surface area contributed by atoms with Gasteiger partial charge in [0.05, 0.1) is 0 Å². The maximum absolute atomic E-state index is 12.8. The third-order valence-electron chi connectivity index (χ3n) is 4.39. The van der Waals surface area contributed by atoms with Crippen molar-refractivity contribution in [3.8, 4) is 0 Å². The Morgan fingerprint density at radius 2 is 1.65 bits per heavy atom. The molecule has 3 rings (SSSR count). The normalized spacial score (nSPS) is 17.5. The first-order valence-corrected chi connectivity index (χ1v) is 6.99. The highest BCUT2D eigenvalue weighted by Crippen LogP contribution is 2.39. The first-order chi connectivity index (χ1) is 9.52. The van der Waals surface area contributed by atoms with Crippen LogP contribution in [0, 0.1) is 13.8 Å². The Hall–Kier alpha value is -2.09. The molecule has 1 atom stereocenters. The lowest BCUT2D eigenvalue weighted by atomic mass is 9.85. The lowest BCUT2D eigenvalue weighted by molar-refractivity contribution is 0.0992. The summed E-state index contributed by atoms with van der Waals surface area (Å²) in [5.74, 6) is 0.327. The maximum Gasteiger partial charge on any atom is 0.258 e. The van der Waals surface area contributed by atoms with Gasteiger partial charge in [0.1, 0.15) is 0 Å². The SMILES string of the molecule is Cc1ccc(C)c2c1C(=O)N(C)c1ccccc1C2C. The van der Waals surface area contributed by atoms with Crippen LogP contribution in [0.5, 0.6) is 0 Å². The van der Waals surface area contributed by atoms with Gasteiger partial charge in [0.2, 0.25) is 0 Å². The van der Waals surface area contributed by atoms with Crippen molar-refractivity contribution >= 4 is 11.6 Å². The number of para-hydroxylation sites is 1. The van der Waals surface area contributed by atoms with Crippen molar-refractivity contribution in [2.24, 2.45) is 0 Å². The molecule has 2 nitrogen and oxygen atoms in total. The number of rotatable bonds is 0. The Labute approximate surface area is 120 Å². The van der Waals surface area contributed by atoms with Gasteiger partial charge in [-0.05, 0) is 42.2 Å². The van der Waals surface area contributed by atoms with E-state index >= 15 is 0 Å². The molecule has 20 heavy (non-hydrogen) atoms. The second-order valence-corrected chi connectivity index (χ2v) is 5.63. The van der Waals surface area contributed by atoms with Crippen molar-refractivity contribution in [3.63, 3.8) is 0 Å². The van der Waals surface area contributed by atoms with Crippen molar-refractivity contribution in [3.05, 3.63) is 64.2 Å². The largest absolute Gasteiger partial charge is 0.311 e. The molecule has 2 aromatic carbocycles. The number of benzene rings is 2. The van der Waals surface area contributed by atoms with Crippen LogP contribution in [-0.2, 0) is 0 Å². The fraction of sp³-hybridized carbons (Fsp3) is 0.278. The maximum atomic E-state index is 12.8. The van der Waals surface area contributed by atoms with Gasteiger partial charge in [-0.25, -0.2) is 0 Å². The predicted molar refractivity (Wildman–Crippen MR) is 82.6 cm³/mol. The third-order valence-corrected chi connectivity index (χ3v) is 4.39. The van der Waals surface area contributed by atoms with Crippen molar-refractivity contribution in [1.29, 1.82) is 0 Å². The molecular formula is C18H19NO. The summed E-state index contributed by atoms with van der Waals surface area (Å²) in [5.41, 5.74) is 6.53. The molecule has 0 saturated carbocycles. The quantitative estimate of drug-likeness (QED) is 0.704. The Bertz CT molecular complexity index is 703. The van der Waals surface area contributed by atoms with E-state index in [2.05, 4.69) is 26.0 Å². The van der Waals surface area contributed by atoms with E-state index in [1.165, 1.54) is 16.7 Å². The highest BCUT2D eigenvalue weighted by molar-refractivity contribution is 6.09. The molecule has 0 spiro atoms. The number of carbonyl (C=O) groups is 1. The van der Waals surface area contributed by atoms with E-state index in [9.17, 15) is 4.79 Å². The van der Waals surface area contributed by atoms with Crippen LogP contribution >= 0.6 is 0 Å². The Balaban J connectivity index is 2.39. The van der Waals surface area contributed by atoms with E-state index in [1.54, 1.807) is 4.90 Å². The molecule has 1 unspecified atom stereocenters. The van der Waals surface area contributed by atoms with E-state index in [0.717, 1.165) is 16.8 Å². The zero-order valence-electron chi connectivity index (χ0n) is 12.4. The highest BCUT2D eigenvalue weighted by Gasteiger charge is 2.30. The summed E-state index contributed by atoms with van der Waals surface area (Å²) in [6, 6.07) is 12.4. The minimum atomic E-state index is 0.0954. The lowest BCUT2D eigenvalue weighted by Gasteiger charge is -2.18. The molecule has 102 valence electrons. The fourth-order valence-corrected chi connectivity index (χ4v) is 3.27. The van der Waals surface area contributed by atoms with Gasteiger partial charge in [-0.2, -0.15) is 0 Å². The topological polar surface area (TPSA) is 20.3 Å². The fourth-order valence-electron chi connectivity index (χ4n) is 3.27. The average molecular weight is 265 g/mol. The van der Waals surface area contributed by atoms with Crippen molar-refractivity contribution in [1.82, 2.24) is 0 Å². The van der Waals surface area contributed by atoms with E-state index < -0.39 is 0 Å². The van der Waals surface area contributed by atoms with Crippen molar-refractivity contribution < 1.29 is 4.79 Å². The molecule has 1 aliphatic heterocycles. The zero-order valence-corrected chi connectivity index (χ0v) is 12.4. The van der Waals surface area contributed by atoms with Crippen LogP contribution < -0.4 is 4.90 Å². The first kappa shape index (κ1) is 12.9. The van der Waals surface area contributed by atoms with Crippen LogP contribution in [0.4, 0.5) is 5.69 Å². The van der Waals surface area contributed by atoms with Gasteiger partial charge in [0.25, 0.3) is 5.91 Å². The molecule has 1 aliphatic rings. The van der Waals surface area contributed by atoms with Crippen LogP contribution in [-0.4, -0.2) is 13.0 Å². The number of hydrogen-bond donors (Lipinski definition) is 0. The number of amides is 1. The summed E-state index contributed by atoms with van der Waals surface area (Å²) in [6.07, 6.45) is 0. The molecule has 0 N–H and O–H groups in total. The summed E-state index contributed by atoms with van der Waals surface area (Å²) in [6.45, 7) is 6.30. The van der Waals surface area contributed by atoms with E-state index in [-0.39, 0.29) is 11.8 Å². The molecule has 1 amide bonds. The number of aryl methyl sites for hydroxylation is 2. The molecule has 2 heteroatoms. The third kappa shape index (κ3) is 1.68. The molecule has 0 saturated heterocycles. The first-order valence-electron chi connectivity index (χ1n) is 6.99. The number of fused-ring (bicyclic) bond motifs is 2. The van der Waals surface area contributed by atoms with Gasteiger partial charge in [-0.3, -0.25) is 4.79 Å². The lowest BCUT2D eigenvalue weighted by Crippen LogP contribution is -2.27. The van der Waals surface area contributed by atoms with Crippen LogP contribution in [0.15, 0.2) is 36.4 Å². The Morgan fingerprint density at radius 3 is 2.40 bits per heavy atom. The molecule has 0 radical (unpaired) electrons. The van der Waals surface area contributed by atoms with Gasteiger partial charge in [-0.1, -0.05) is 37.3 Å². The standard InChI is InChI=1S/C18H19NO/c1-11-9-10-12(2)17-16(11)13(3)14-7-5-6-8-15(14)19(4)18(17)20/h5-10,13H,1-4H3. The second-order valence-electron chi connectivity index (χ2n) is 5.63. The summed E-state index contributed by atoms with van der Waals surface area (Å²) in [4.78, 5) is 14.6. The van der Waals surface area contributed by atoms with E-state index in [0.29, 0.717) is 0 Å². The van der Waals surface area contributed by atoms with Crippen molar-refractivity contribution in [2.45, 2.75) is 26.7 Å². The summed E-state index contributed by atoms with van der Waals surface area (Å²) in [7, 11) is 1.87. The van der Waals surface area contributed by atoms with Gasteiger partial charge >= 0.3 is 0 Å². The molecule has 0 aromatic heterocycles. The summed E-state index contributed by atoms with van der Waals surface area (Å²) < 4.78 is 0. The van der Waals surface area contributed by atoms with Crippen LogP contribution in [0.25, 0.3) is 0 Å². The predicted octanol–water partition coefficient (Wildman–Crippen LogP) is 4.05. The summed E-state index contributed by atoms with van der Waals surface area (Å²) in [5, 5.41) is 0. The van der Waals surface area contributed by atoms with Gasteiger partial charge < -0.3 is 4.90 Å². The average Bonchev–Trinajstić information content (AvgIpc) is 2.54. The number of anilines is 1. The van der Waals surface area contributed by atoms with Gasteiger partial charge in [0.15, 0.2) is 0 Å². The van der Waals surface area contributed by atoms with E-state index in [4.69, 9.17) is 0 Å². The monoisotopic (exact) mass is 265 g/mol. The number of hydrogen-bond acceptors (Lipinski definition) is 1. The zero-order chi connectivity index (χ0) is 14.4. The van der Waals surface area contributed by atoms with Crippen LogP contribution in [0.3, 0.4) is 0 Å². The molecular weight excluding hydrogens is 246 g/mol. The minimum absolute atomic E-state index is 0.0954. The Kier molecular flexibility index (Phi) is 2.89. The van der Waals surface area contributed by atoms with Crippen molar-refractivity contribution in [2.75, 3.05) is 11.9 Å². The summed E-state index contributed by atoms with van der Waals surface area (Å²) >= 11 is 0. The van der Waals surface area contributed by atoms with Gasteiger partial charge in [-0.15, -0.1) is 0 Å². The molecule has 0 fully saturated rings. The number of nitrogens with zero attached hydrogens (tertiary/aromatic N) is 1. The smallest absolute Gasteiger partial charge is 0.258 e. The van der Waals surface area contributed by atoms with Crippen LogP contribution in [0.1, 0.15) is 45.5 Å². The Morgan fingerprint density at radius 1 is 1.00 bits per heavy atom. The van der Waals surface area contributed by atoms with Crippen LogP contribution in [0.2, 0.25) is 0 Å². The molecule has 0 bridgehead atoms. The van der Waals surface area contributed by atoms with E-state index in [1.807, 2.05) is 38.2 Å². The highest BCUT2D eigenvalue weighted by atomic mass is 16.2. The molecule has 2 aromatic rings.